The number of aliphatic hydroxyl groups is 1. The van der Waals surface area contributed by atoms with Crippen LogP contribution in [-0.2, 0) is 17.8 Å². The van der Waals surface area contributed by atoms with Gasteiger partial charge in [0.05, 0.1) is 12.3 Å². The molecule has 3 rings (SSSR count). The average molecular weight is 353 g/mol. The van der Waals surface area contributed by atoms with Gasteiger partial charge in [-0.1, -0.05) is 24.3 Å². The van der Waals surface area contributed by atoms with Crippen LogP contribution in [0.4, 0.5) is 0 Å². The minimum Gasteiger partial charge on any atom is -0.395 e. The first-order chi connectivity index (χ1) is 12.7. The lowest BCUT2D eigenvalue weighted by molar-refractivity contribution is -0.124. The number of amides is 1. The summed E-state index contributed by atoms with van der Waals surface area (Å²) < 4.78 is 0. The van der Waals surface area contributed by atoms with E-state index in [-0.39, 0.29) is 12.6 Å². The zero-order chi connectivity index (χ0) is 18.4. The molecule has 0 aliphatic heterocycles. The van der Waals surface area contributed by atoms with Crippen molar-refractivity contribution in [1.82, 2.24) is 15.4 Å². The molecule has 0 radical (unpaired) electrons. The third-order valence-electron chi connectivity index (χ3n) is 4.67. The van der Waals surface area contributed by atoms with Gasteiger partial charge < -0.3 is 5.11 Å². The molecule has 0 saturated carbocycles. The topological polar surface area (TPSA) is 85.7 Å². The normalized spacial score (nSPS) is 16.2. The van der Waals surface area contributed by atoms with Crippen LogP contribution in [0.1, 0.15) is 34.8 Å². The number of aromatic nitrogens is 1. The predicted octanol–water partition coefficient (Wildman–Crippen LogP) is 2.08. The van der Waals surface area contributed by atoms with E-state index < -0.39 is 5.91 Å². The fourth-order valence-electron chi connectivity index (χ4n) is 3.48. The van der Waals surface area contributed by atoms with Crippen LogP contribution in [0.5, 0.6) is 0 Å². The Kier molecular flexibility index (Phi) is 6.12. The molecule has 136 valence electrons. The molecule has 0 spiro atoms. The second kappa shape index (κ2) is 8.71. The van der Waals surface area contributed by atoms with Gasteiger partial charge in [0.25, 0.3) is 5.91 Å². The Morgan fingerprint density at radius 3 is 2.96 bits per heavy atom. The summed E-state index contributed by atoms with van der Waals surface area (Å²) in [4.78, 5) is 17.8. The SMILES string of the molecule is O=C(C=Cc1ccc2c(c1)CCC2N(CCO)Cc1ccccn1)NO. The van der Waals surface area contributed by atoms with Gasteiger partial charge in [0.15, 0.2) is 0 Å². The first-order valence-corrected chi connectivity index (χ1v) is 8.71. The largest absolute Gasteiger partial charge is 0.395 e. The van der Waals surface area contributed by atoms with Gasteiger partial charge in [-0.2, -0.15) is 0 Å². The molecular weight excluding hydrogens is 330 g/mol. The molecule has 3 N–H and O–H groups in total. The highest BCUT2D eigenvalue weighted by molar-refractivity contribution is 5.90. The molecule has 6 nitrogen and oxygen atoms in total. The highest BCUT2D eigenvalue weighted by atomic mass is 16.5. The van der Waals surface area contributed by atoms with Crippen molar-refractivity contribution in [2.45, 2.75) is 25.4 Å². The van der Waals surface area contributed by atoms with Crippen LogP contribution in [-0.4, -0.2) is 39.3 Å². The lowest BCUT2D eigenvalue weighted by Gasteiger charge is -2.28. The molecule has 1 aliphatic rings. The first-order valence-electron chi connectivity index (χ1n) is 8.71. The Balaban J connectivity index is 1.78. The number of carbonyl (C=O) groups excluding carboxylic acids is 1. The van der Waals surface area contributed by atoms with Crippen molar-refractivity contribution in [2.75, 3.05) is 13.2 Å². The minimum atomic E-state index is -0.548. The van der Waals surface area contributed by atoms with Gasteiger partial charge in [0.1, 0.15) is 0 Å². The summed E-state index contributed by atoms with van der Waals surface area (Å²) >= 11 is 0. The molecule has 1 aromatic heterocycles. The Morgan fingerprint density at radius 2 is 2.23 bits per heavy atom. The molecule has 6 heteroatoms. The summed E-state index contributed by atoms with van der Waals surface area (Å²) in [6.07, 6.45) is 6.71. The number of fused-ring (bicyclic) bond motifs is 1. The lowest BCUT2D eigenvalue weighted by atomic mass is 10.0. The third kappa shape index (κ3) is 4.35. The van der Waals surface area contributed by atoms with Crippen LogP contribution in [0, 0.1) is 0 Å². The van der Waals surface area contributed by atoms with Crippen LogP contribution in [0.15, 0.2) is 48.7 Å². The van der Waals surface area contributed by atoms with E-state index >= 15 is 0 Å². The van der Waals surface area contributed by atoms with E-state index in [0.29, 0.717) is 13.1 Å². The first kappa shape index (κ1) is 18.3. The second-order valence-electron chi connectivity index (χ2n) is 6.34. The molecule has 0 bridgehead atoms. The van der Waals surface area contributed by atoms with Gasteiger partial charge in [0, 0.05) is 31.4 Å². The summed E-state index contributed by atoms with van der Waals surface area (Å²) in [5.74, 6) is -0.548. The van der Waals surface area contributed by atoms with Crippen molar-refractivity contribution in [3.8, 4) is 0 Å². The fraction of sp³-hybridized carbons (Fsp3) is 0.300. The third-order valence-corrected chi connectivity index (χ3v) is 4.67. The molecule has 0 fully saturated rings. The zero-order valence-corrected chi connectivity index (χ0v) is 14.5. The maximum Gasteiger partial charge on any atom is 0.267 e. The van der Waals surface area contributed by atoms with E-state index in [4.69, 9.17) is 5.21 Å². The number of hydrogen-bond donors (Lipinski definition) is 3. The molecule has 2 aromatic rings. The molecule has 0 saturated heterocycles. The number of nitrogens with one attached hydrogen (secondary N) is 1. The molecule has 1 aliphatic carbocycles. The van der Waals surface area contributed by atoms with E-state index in [9.17, 15) is 9.90 Å². The van der Waals surface area contributed by atoms with E-state index in [1.165, 1.54) is 17.2 Å². The number of carbonyl (C=O) groups is 1. The number of hydroxylamine groups is 1. The Bertz CT molecular complexity index is 777. The molecule has 1 aromatic carbocycles. The zero-order valence-electron chi connectivity index (χ0n) is 14.5. The van der Waals surface area contributed by atoms with Crippen molar-refractivity contribution in [3.63, 3.8) is 0 Å². The van der Waals surface area contributed by atoms with Crippen LogP contribution in [0.2, 0.25) is 0 Å². The molecule has 1 heterocycles. The summed E-state index contributed by atoms with van der Waals surface area (Å²) in [6.45, 7) is 1.40. The number of aryl methyl sites for hydroxylation is 1. The average Bonchev–Trinajstić information content (AvgIpc) is 3.09. The summed E-state index contributed by atoms with van der Waals surface area (Å²) in [7, 11) is 0. The summed E-state index contributed by atoms with van der Waals surface area (Å²) in [6, 6.07) is 12.3. The van der Waals surface area contributed by atoms with E-state index in [2.05, 4.69) is 22.0 Å². The van der Waals surface area contributed by atoms with Crippen LogP contribution in [0.25, 0.3) is 6.08 Å². The summed E-state index contributed by atoms with van der Waals surface area (Å²) in [5.41, 5.74) is 6.01. The number of pyridine rings is 1. The highest BCUT2D eigenvalue weighted by Crippen LogP contribution is 2.37. The molecule has 26 heavy (non-hydrogen) atoms. The Labute approximate surface area is 152 Å². The van der Waals surface area contributed by atoms with E-state index in [1.807, 2.05) is 24.3 Å². The highest BCUT2D eigenvalue weighted by Gasteiger charge is 2.28. The Morgan fingerprint density at radius 1 is 1.35 bits per heavy atom. The van der Waals surface area contributed by atoms with Gasteiger partial charge in [-0.25, -0.2) is 5.48 Å². The number of aliphatic hydroxyl groups excluding tert-OH is 1. The molecule has 1 atom stereocenters. The van der Waals surface area contributed by atoms with Gasteiger partial charge in [0.2, 0.25) is 0 Å². The fourth-order valence-corrected chi connectivity index (χ4v) is 3.48. The predicted molar refractivity (Wildman–Crippen MR) is 98.2 cm³/mol. The number of rotatable bonds is 7. The van der Waals surface area contributed by atoms with Crippen molar-refractivity contribution >= 4 is 12.0 Å². The minimum absolute atomic E-state index is 0.107. The van der Waals surface area contributed by atoms with Crippen molar-refractivity contribution in [3.05, 3.63) is 71.1 Å². The van der Waals surface area contributed by atoms with Crippen LogP contribution in [0.3, 0.4) is 0 Å². The maximum atomic E-state index is 11.1. The van der Waals surface area contributed by atoms with Gasteiger partial charge in [-0.15, -0.1) is 0 Å². The van der Waals surface area contributed by atoms with Crippen molar-refractivity contribution < 1.29 is 15.1 Å². The number of nitrogens with zero attached hydrogens (tertiary/aromatic N) is 2. The lowest BCUT2D eigenvalue weighted by Crippen LogP contribution is -2.30. The second-order valence-corrected chi connectivity index (χ2v) is 6.34. The van der Waals surface area contributed by atoms with E-state index in [1.54, 1.807) is 17.8 Å². The molecule has 1 unspecified atom stereocenters. The standard InChI is InChI=1S/C20H23N3O3/c24-12-11-23(14-17-3-1-2-10-21-17)19-8-6-16-13-15(4-7-18(16)19)5-9-20(25)22-26/h1-5,7,9-10,13,19,24,26H,6,8,11-12,14H2,(H,22,25). The van der Waals surface area contributed by atoms with E-state index in [0.717, 1.165) is 24.1 Å². The Hall–Kier alpha value is -2.54. The van der Waals surface area contributed by atoms with Gasteiger partial charge in [-0.05, 0) is 47.7 Å². The molecule has 1 amide bonds. The van der Waals surface area contributed by atoms with Crippen molar-refractivity contribution in [1.29, 1.82) is 0 Å². The molecular formula is C20H23N3O3. The summed E-state index contributed by atoms with van der Waals surface area (Å²) in [5, 5.41) is 18.0. The van der Waals surface area contributed by atoms with Gasteiger partial charge >= 0.3 is 0 Å². The van der Waals surface area contributed by atoms with Crippen LogP contribution < -0.4 is 5.48 Å². The smallest absolute Gasteiger partial charge is 0.267 e. The quantitative estimate of drug-likeness (QED) is 0.403. The van der Waals surface area contributed by atoms with Crippen molar-refractivity contribution in [2.24, 2.45) is 0 Å². The monoisotopic (exact) mass is 353 g/mol. The maximum absolute atomic E-state index is 11.1. The number of benzene rings is 1. The van der Waals surface area contributed by atoms with Gasteiger partial charge in [-0.3, -0.25) is 19.9 Å². The van der Waals surface area contributed by atoms with Crippen LogP contribution >= 0.6 is 0 Å². The number of hydrogen-bond acceptors (Lipinski definition) is 5.